The summed E-state index contributed by atoms with van der Waals surface area (Å²) in [5.74, 6) is -0.208. The van der Waals surface area contributed by atoms with Gasteiger partial charge in [-0.2, -0.15) is 0 Å². The first-order valence-electron chi connectivity index (χ1n) is 2.29. The molecule has 0 rings (SSSR count). The van der Waals surface area contributed by atoms with Gasteiger partial charge in [0.15, 0.2) is 0 Å². The van der Waals surface area contributed by atoms with Gasteiger partial charge >= 0.3 is 0 Å². The van der Waals surface area contributed by atoms with Gasteiger partial charge in [0.1, 0.15) is 5.83 Å². The van der Waals surface area contributed by atoms with Crippen LogP contribution in [0.3, 0.4) is 0 Å². The fourth-order valence-corrected chi connectivity index (χ4v) is 0.279. The molecule has 2 heteroatoms. The second-order valence-corrected chi connectivity index (χ2v) is 1.44. The summed E-state index contributed by atoms with van der Waals surface area (Å²) in [4.78, 5) is 0. The Hall–Kier alpha value is -0.530. The molecule has 0 aliphatic carbocycles. The van der Waals surface area contributed by atoms with Crippen LogP contribution in [0.5, 0.6) is 0 Å². The van der Waals surface area contributed by atoms with Crippen LogP contribution in [0.2, 0.25) is 0 Å². The molecule has 0 saturated heterocycles. The van der Waals surface area contributed by atoms with Crippen molar-refractivity contribution in [2.75, 3.05) is 0 Å². The van der Waals surface area contributed by atoms with Crippen molar-refractivity contribution in [2.24, 2.45) is 5.73 Å². The van der Waals surface area contributed by atoms with Crippen molar-refractivity contribution in [3.05, 3.63) is 11.5 Å². The molecule has 7 heavy (non-hydrogen) atoms. The van der Waals surface area contributed by atoms with Crippen LogP contribution in [0.25, 0.3) is 0 Å². The van der Waals surface area contributed by atoms with E-state index in [1.165, 1.54) is 0 Å². The molecule has 0 spiro atoms. The quantitative estimate of drug-likeness (QED) is 0.535. The Bertz CT molecular complexity index is 82.1. The molecule has 1 nitrogen and oxygen atoms in total. The SMILES string of the molecule is CC/C(F)=C(\C)N. The summed E-state index contributed by atoms with van der Waals surface area (Å²) in [6, 6.07) is 0. The molecule has 0 atom stereocenters. The zero-order chi connectivity index (χ0) is 5.86. The van der Waals surface area contributed by atoms with Gasteiger partial charge in [-0.1, -0.05) is 6.92 Å². The third-order valence-electron chi connectivity index (χ3n) is 0.738. The van der Waals surface area contributed by atoms with Gasteiger partial charge in [-0.15, -0.1) is 0 Å². The van der Waals surface area contributed by atoms with Crippen LogP contribution in [0, 0.1) is 0 Å². The minimum Gasteiger partial charge on any atom is -0.400 e. The Morgan fingerprint density at radius 3 is 2.14 bits per heavy atom. The molecular formula is C5H10FN. The molecule has 0 unspecified atom stereocenters. The first-order valence-corrected chi connectivity index (χ1v) is 2.29. The van der Waals surface area contributed by atoms with Crippen LogP contribution in [0.1, 0.15) is 20.3 Å². The van der Waals surface area contributed by atoms with Gasteiger partial charge in [0.25, 0.3) is 0 Å². The standard InChI is InChI=1S/C5H10FN/c1-3-5(6)4(2)7/h3,7H2,1-2H3/b5-4-. The summed E-state index contributed by atoms with van der Waals surface area (Å²) in [5, 5.41) is 0. The zero-order valence-corrected chi connectivity index (χ0v) is 4.66. The summed E-state index contributed by atoms with van der Waals surface area (Å²) in [7, 11) is 0. The second-order valence-electron chi connectivity index (χ2n) is 1.44. The molecule has 0 aromatic rings. The zero-order valence-electron chi connectivity index (χ0n) is 4.66. The number of hydrogen-bond acceptors (Lipinski definition) is 1. The second kappa shape index (κ2) is 2.61. The molecule has 0 saturated carbocycles. The van der Waals surface area contributed by atoms with E-state index in [9.17, 15) is 4.39 Å². The highest BCUT2D eigenvalue weighted by Crippen LogP contribution is 2.02. The lowest BCUT2D eigenvalue weighted by Gasteiger charge is -1.90. The van der Waals surface area contributed by atoms with E-state index in [0.29, 0.717) is 12.1 Å². The largest absolute Gasteiger partial charge is 0.400 e. The molecule has 42 valence electrons. The number of halogens is 1. The van der Waals surface area contributed by atoms with Crippen molar-refractivity contribution >= 4 is 0 Å². The van der Waals surface area contributed by atoms with Crippen molar-refractivity contribution in [2.45, 2.75) is 20.3 Å². The Labute approximate surface area is 43.0 Å². The van der Waals surface area contributed by atoms with Gasteiger partial charge in [-0.3, -0.25) is 0 Å². The van der Waals surface area contributed by atoms with E-state index in [2.05, 4.69) is 0 Å². The normalized spacial score (nSPS) is 13.6. The van der Waals surface area contributed by atoms with Crippen molar-refractivity contribution in [1.29, 1.82) is 0 Å². The van der Waals surface area contributed by atoms with Crippen molar-refractivity contribution in [1.82, 2.24) is 0 Å². The maximum absolute atomic E-state index is 12.0. The van der Waals surface area contributed by atoms with E-state index in [0.717, 1.165) is 0 Å². The average Bonchev–Trinajstić information content (AvgIpc) is 1.65. The van der Waals surface area contributed by atoms with Crippen LogP contribution in [-0.2, 0) is 0 Å². The lowest BCUT2D eigenvalue weighted by Crippen LogP contribution is -1.92. The first kappa shape index (κ1) is 6.47. The van der Waals surface area contributed by atoms with Gasteiger partial charge in [0, 0.05) is 5.70 Å². The number of allylic oxidation sites excluding steroid dienone is 2. The van der Waals surface area contributed by atoms with E-state index in [1.807, 2.05) is 0 Å². The van der Waals surface area contributed by atoms with Gasteiger partial charge in [-0.05, 0) is 13.3 Å². The van der Waals surface area contributed by atoms with E-state index in [4.69, 9.17) is 5.73 Å². The maximum Gasteiger partial charge on any atom is 0.118 e. The first-order chi connectivity index (χ1) is 3.18. The Morgan fingerprint density at radius 1 is 1.71 bits per heavy atom. The highest BCUT2D eigenvalue weighted by atomic mass is 19.1. The molecule has 0 fully saturated rings. The average molecular weight is 103 g/mol. The van der Waals surface area contributed by atoms with E-state index < -0.39 is 0 Å². The highest BCUT2D eigenvalue weighted by Gasteiger charge is 1.89. The topological polar surface area (TPSA) is 26.0 Å². The Kier molecular flexibility index (Phi) is 2.41. The lowest BCUT2D eigenvalue weighted by molar-refractivity contribution is 0.590. The lowest BCUT2D eigenvalue weighted by atomic mass is 10.3. The predicted octanol–water partition coefficient (Wildman–Crippen LogP) is 1.56. The fourth-order valence-electron chi connectivity index (χ4n) is 0.279. The summed E-state index contributed by atoms with van der Waals surface area (Å²) in [6.07, 6.45) is 0.405. The minimum atomic E-state index is -0.208. The third kappa shape index (κ3) is 2.20. The molecule has 0 aliphatic heterocycles. The Morgan fingerprint density at radius 2 is 2.14 bits per heavy atom. The van der Waals surface area contributed by atoms with E-state index in [-0.39, 0.29) is 5.83 Å². The van der Waals surface area contributed by atoms with E-state index >= 15 is 0 Å². The smallest absolute Gasteiger partial charge is 0.118 e. The molecular weight excluding hydrogens is 93.1 g/mol. The summed E-state index contributed by atoms with van der Waals surface area (Å²) < 4.78 is 12.0. The van der Waals surface area contributed by atoms with Crippen LogP contribution >= 0.6 is 0 Å². The maximum atomic E-state index is 12.0. The number of nitrogens with two attached hydrogens (primary N) is 1. The van der Waals surface area contributed by atoms with Gasteiger partial charge in [0.05, 0.1) is 0 Å². The van der Waals surface area contributed by atoms with Crippen LogP contribution in [-0.4, -0.2) is 0 Å². The highest BCUT2D eigenvalue weighted by molar-refractivity contribution is 4.98. The molecule has 2 N–H and O–H groups in total. The van der Waals surface area contributed by atoms with E-state index in [1.54, 1.807) is 13.8 Å². The minimum absolute atomic E-state index is 0.208. The summed E-state index contributed by atoms with van der Waals surface area (Å²) in [5.41, 5.74) is 5.35. The number of hydrogen-bond donors (Lipinski definition) is 1. The third-order valence-corrected chi connectivity index (χ3v) is 0.738. The van der Waals surface area contributed by atoms with Crippen molar-refractivity contribution in [3.63, 3.8) is 0 Å². The predicted molar refractivity (Wildman–Crippen MR) is 28.3 cm³/mol. The van der Waals surface area contributed by atoms with Crippen LogP contribution in [0.4, 0.5) is 4.39 Å². The molecule has 0 amide bonds. The van der Waals surface area contributed by atoms with Crippen LogP contribution in [0.15, 0.2) is 11.5 Å². The molecule has 0 aromatic carbocycles. The number of rotatable bonds is 1. The molecule has 0 aromatic heterocycles. The van der Waals surface area contributed by atoms with Crippen molar-refractivity contribution in [3.8, 4) is 0 Å². The monoisotopic (exact) mass is 103 g/mol. The molecule has 0 bridgehead atoms. The van der Waals surface area contributed by atoms with Gasteiger partial charge in [0.2, 0.25) is 0 Å². The molecule has 0 heterocycles. The van der Waals surface area contributed by atoms with Crippen molar-refractivity contribution < 1.29 is 4.39 Å². The Balaban J connectivity index is 3.72. The van der Waals surface area contributed by atoms with Gasteiger partial charge in [-0.25, -0.2) is 4.39 Å². The molecule has 0 radical (unpaired) electrons. The summed E-state index contributed by atoms with van der Waals surface area (Å²) >= 11 is 0. The van der Waals surface area contributed by atoms with Gasteiger partial charge < -0.3 is 5.73 Å². The van der Waals surface area contributed by atoms with Crippen LogP contribution < -0.4 is 5.73 Å². The molecule has 0 aliphatic rings. The fraction of sp³-hybridized carbons (Fsp3) is 0.600. The summed E-state index contributed by atoms with van der Waals surface area (Å²) in [6.45, 7) is 3.28.